The molecule has 0 saturated heterocycles. The fraction of sp³-hybridized carbons (Fsp3) is 0.200. The molecular weight excluding hydrogens is 340 g/mol. The van der Waals surface area contributed by atoms with Crippen LogP contribution < -0.4 is 0 Å². The van der Waals surface area contributed by atoms with Crippen molar-refractivity contribution in [2.75, 3.05) is 0 Å². The van der Waals surface area contributed by atoms with Gasteiger partial charge in [0.2, 0.25) is 0 Å². The van der Waals surface area contributed by atoms with Crippen LogP contribution in [-0.4, -0.2) is 16.1 Å². The van der Waals surface area contributed by atoms with Crippen LogP contribution in [0.3, 0.4) is 0 Å². The minimum Gasteiger partial charge on any atom is -0.481 e. The Morgan fingerprint density at radius 3 is 2.12 bits per heavy atom. The normalized spacial score (nSPS) is 12.2. The smallest absolute Gasteiger partial charge is 0.433 e. The Labute approximate surface area is 131 Å². The van der Waals surface area contributed by atoms with E-state index in [2.05, 4.69) is 4.98 Å². The van der Waals surface area contributed by atoms with E-state index in [9.17, 15) is 31.1 Å². The summed E-state index contributed by atoms with van der Waals surface area (Å²) in [6.45, 7) is 0. The van der Waals surface area contributed by atoms with E-state index < -0.39 is 52.8 Å². The topological polar surface area (TPSA) is 50.2 Å². The molecule has 0 atom stereocenters. The molecule has 24 heavy (non-hydrogen) atoms. The summed E-state index contributed by atoms with van der Waals surface area (Å²) >= 11 is 0. The summed E-state index contributed by atoms with van der Waals surface area (Å²) in [6.07, 6.45) is -10.7. The van der Waals surface area contributed by atoms with Crippen molar-refractivity contribution in [1.82, 2.24) is 4.98 Å². The standard InChI is InChI=1S/C15H9F6NO2/c16-14(17,18)10-4-2-1-3-9(10)11-6-5-8(7-12(23)24)13(22-11)15(19,20)21/h1-6H,7H2,(H,23,24). The van der Waals surface area contributed by atoms with E-state index >= 15 is 0 Å². The number of benzene rings is 1. The largest absolute Gasteiger partial charge is 0.481 e. The van der Waals surface area contributed by atoms with E-state index in [0.29, 0.717) is 0 Å². The summed E-state index contributed by atoms with van der Waals surface area (Å²) in [7, 11) is 0. The van der Waals surface area contributed by atoms with Gasteiger partial charge in [0.1, 0.15) is 5.69 Å². The fourth-order valence-corrected chi connectivity index (χ4v) is 2.14. The maximum Gasteiger partial charge on any atom is 0.433 e. The van der Waals surface area contributed by atoms with Gasteiger partial charge in [-0.1, -0.05) is 24.3 Å². The maximum atomic E-state index is 13.1. The van der Waals surface area contributed by atoms with Crippen molar-refractivity contribution < 1.29 is 36.2 Å². The molecule has 0 spiro atoms. The van der Waals surface area contributed by atoms with Gasteiger partial charge < -0.3 is 5.11 Å². The molecule has 0 unspecified atom stereocenters. The Morgan fingerprint density at radius 2 is 1.58 bits per heavy atom. The van der Waals surface area contributed by atoms with Gasteiger partial charge in [0, 0.05) is 5.56 Å². The lowest BCUT2D eigenvalue weighted by atomic mass is 10.0. The van der Waals surface area contributed by atoms with Crippen LogP contribution in [0.2, 0.25) is 0 Å². The SMILES string of the molecule is O=C(O)Cc1ccc(-c2ccccc2C(F)(F)F)nc1C(F)(F)F. The summed E-state index contributed by atoms with van der Waals surface area (Å²) in [5, 5.41) is 8.65. The van der Waals surface area contributed by atoms with E-state index in [0.717, 1.165) is 30.3 Å². The van der Waals surface area contributed by atoms with Gasteiger partial charge in [0.05, 0.1) is 17.7 Å². The highest BCUT2D eigenvalue weighted by molar-refractivity contribution is 5.71. The Bertz CT molecular complexity index is 767. The Hall–Kier alpha value is -2.58. The second kappa shape index (κ2) is 6.14. The van der Waals surface area contributed by atoms with E-state index in [4.69, 9.17) is 5.11 Å². The first-order valence-electron chi connectivity index (χ1n) is 6.45. The zero-order chi connectivity index (χ0) is 18.1. The number of hydrogen-bond donors (Lipinski definition) is 1. The number of aliphatic carboxylic acids is 1. The average Bonchev–Trinajstić information content (AvgIpc) is 2.45. The van der Waals surface area contributed by atoms with Gasteiger partial charge in [-0.25, -0.2) is 4.98 Å². The van der Waals surface area contributed by atoms with E-state index in [-0.39, 0.29) is 0 Å². The second-order valence-electron chi connectivity index (χ2n) is 4.82. The Morgan fingerprint density at radius 1 is 0.958 bits per heavy atom. The summed E-state index contributed by atoms with van der Waals surface area (Å²) in [4.78, 5) is 13.9. The molecule has 1 aromatic carbocycles. The summed E-state index contributed by atoms with van der Waals surface area (Å²) in [5.41, 5.74) is -4.32. The third-order valence-corrected chi connectivity index (χ3v) is 3.10. The van der Waals surface area contributed by atoms with Crippen LogP contribution in [0.4, 0.5) is 26.3 Å². The summed E-state index contributed by atoms with van der Waals surface area (Å²) in [6, 6.07) is 5.85. The molecule has 2 aromatic rings. The number of alkyl halides is 6. The highest BCUT2D eigenvalue weighted by atomic mass is 19.4. The first-order chi connectivity index (χ1) is 11.0. The molecule has 9 heteroatoms. The first kappa shape index (κ1) is 17.8. The number of carbonyl (C=O) groups is 1. The van der Waals surface area contributed by atoms with Gasteiger partial charge >= 0.3 is 18.3 Å². The quantitative estimate of drug-likeness (QED) is 0.835. The molecule has 0 aliphatic heterocycles. The van der Waals surface area contributed by atoms with Gasteiger partial charge in [-0.2, -0.15) is 26.3 Å². The van der Waals surface area contributed by atoms with Gasteiger partial charge in [-0.3, -0.25) is 4.79 Å². The molecule has 0 aliphatic rings. The highest BCUT2D eigenvalue weighted by Gasteiger charge is 2.37. The fourth-order valence-electron chi connectivity index (χ4n) is 2.14. The van der Waals surface area contributed by atoms with Crippen molar-refractivity contribution >= 4 is 5.97 Å². The summed E-state index contributed by atoms with van der Waals surface area (Å²) in [5.74, 6) is -1.51. The monoisotopic (exact) mass is 349 g/mol. The number of pyridine rings is 1. The molecule has 0 radical (unpaired) electrons. The van der Waals surface area contributed by atoms with Crippen molar-refractivity contribution in [2.45, 2.75) is 18.8 Å². The Kier molecular flexibility index (Phi) is 4.54. The molecule has 128 valence electrons. The minimum absolute atomic E-state index is 0.516. The summed E-state index contributed by atoms with van der Waals surface area (Å²) < 4.78 is 78.1. The maximum absolute atomic E-state index is 13.1. The molecule has 0 amide bonds. The molecule has 0 bridgehead atoms. The predicted molar refractivity (Wildman–Crippen MR) is 71.0 cm³/mol. The minimum atomic E-state index is -4.99. The molecule has 0 aliphatic carbocycles. The third-order valence-electron chi connectivity index (χ3n) is 3.10. The van der Waals surface area contributed by atoms with E-state index in [1.54, 1.807) is 0 Å². The predicted octanol–water partition coefficient (Wildman–Crippen LogP) is 4.41. The highest BCUT2D eigenvalue weighted by Crippen LogP contribution is 2.38. The van der Waals surface area contributed by atoms with Crippen LogP contribution >= 0.6 is 0 Å². The number of halogens is 6. The van der Waals surface area contributed by atoms with Gasteiger partial charge in [0.15, 0.2) is 0 Å². The van der Waals surface area contributed by atoms with Crippen LogP contribution in [0.15, 0.2) is 36.4 Å². The van der Waals surface area contributed by atoms with Crippen LogP contribution in [0.1, 0.15) is 16.8 Å². The first-order valence-corrected chi connectivity index (χ1v) is 6.45. The molecule has 0 saturated carbocycles. The average molecular weight is 349 g/mol. The van der Waals surface area contributed by atoms with Gasteiger partial charge in [0.25, 0.3) is 0 Å². The number of carboxylic acid groups (broad SMARTS) is 1. The Balaban J connectivity index is 2.64. The number of carboxylic acids is 1. The zero-order valence-corrected chi connectivity index (χ0v) is 11.7. The van der Waals surface area contributed by atoms with Crippen LogP contribution in [-0.2, 0) is 23.6 Å². The van der Waals surface area contributed by atoms with Crippen LogP contribution in [0, 0.1) is 0 Å². The zero-order valence-electron chi connectivity index (χ0n) is 11.7. The lowest BCUT2D eigenvalue weighted by Crippen LogP contribution is -2.15. The molecule has 1 aromatic heterocycles. The van der Waals surface area contributed by atoms with Crippen molar-refractivity contribution in [2.24, 2.45) is 0 Å². The molecule has 1 heterocycles. The lowest BCUT2D eigenvalue weighted by Gasteiger charge is -2.15. The number of rotatable bonds is 3. The number of aromatic nitrogens is 1. The molecule has 2 rings (SSSR count). The van der Waals surface area contributed by atoms with E-state index in [1.165, 1.54) is 6.07 Å². The molecule has 0 fully saturated rings. The number of hydrogen-bond acceptors (Lipinski definition) is 2. The molecule has 1 N–H and O–H groups in total. The van der Waals surface area contributed by atoms with Crippen molar-refractivity contribution in [3.8, 4) is 11.3 Å². The lowest BCUT2D eigenvalue weighted by molar-refractivity contribution is -0.142. The van der Waals surface area contributed by atoms with E-state index in [1.807, 2.05) is 0 Å². The van der Waals surface area contributed by atoms with Crippen molar-refractivity contribution in [3.05, 3.63) is 53.2 Å². The number of nitrogens with zero attached hydrogens (tertiary/aromatic N) is 1. The third kappa shape index (κ3) is 3.84. The van der Waals surface area contributed by atoms with Crippen molar-refractivity contribution in [1.29, 1.82) is 0 Å². The van der Waals surface area contributed by atoms with Crippen molar-refractivity contribution in [3.63, 3.8) is 0 Å². The molecular formula is C15H9F6NO2. The second-order valence-corrected chi connectivity index (χ2v) is 4.82. The van der Waals surface area contributed by atoms with Gasteiger partial charge in [-0.05, 0) is 17.7 Å². The van der Waals surface area contributed by atoms with Crippen LogP contribution in [0.25, 0.3) is 11.3 Å². The molecule has 3 nitrogen and oxygen atoms in total. The van der Waals surface area contributed by atoms with Crippen LogP contribution in [0.5, 0.6) is 0 Å². The van der Waals surface area contributed by atoms with Gasteiger partial charge in [-0.15, -0.1) is 0 Å².